The predicted octanol–water partition coefficient (Wildman–Crippen LogP) is 2.54. The quantitative estimate of drug-likeness (QED) is 0.849. The minimum Gasteiger partial charge on any atom is -0.347 e. The number of anilines is 2. The standard InChI is InChI=1S/C15H27N5/c1-10(2)13-16-14(19(5)6)18-15(17-13)20-8-7-11(3)12(4)9-20/h10-12H,7-9H2,1-6H3. The summed E-state index contributed by atoms with van der Waals surface area (Å²) in [6.07, 6.45) is 1.21. The molecule has 2 heterocycles. The molecule has 1 aliphatic heterocycles. The van der Waals surface area contributed by atoms with Gasteiger partial charge in [0, 0.05) is 33.1 Å². The highest BCUT2D eigenvalue weighted by Gasteiger charge is 2.25. The number of hydrogen-bond acceptors (Lipinski definition) is 5. The molecule has 0 radical (unpaired) electrons. The molecular formula is C15H27N5. The molecule has 0 amide bonds. The summed E-state index contributed by atoms with van der Waals surface area (Å²) in [5.74, 6) is 4.26. The summed E-state index contributed by atoms with van der Waals surface area (Å²) in [5.41, 5.74) is 0. The van der Waals surface area contributed by atoms with Crippen LogP contribution in [0, 0.1) is 11.8 Å². The fourth-order valence-electron chi connectivity index (χ4n) is 2.41. The first kappa shape index (κ1) is 15.0. The van der Waals surface area contributed by atoms with Crippen molar-refractivity contribution >= 4 is 11.9 Å². The van der Waals surface area contributed by atoms with Gasteiger partial charge >= 0.3 is 0 Å². The first-order chi connectivity index (χ1) is 9.38. The van der Waals surface area contributed by atoms with E-state index in [1.165, 1.54) is 6.42 Å². The third-order valence-corrected chi connectivity index (χ3v) is 4.16. The molecule has 2 atom stereocenters. The Morgan fingerprint density at radius 1 is 1.10 bits per heavy atom. The van der Waals surface area contributed by atoms with Crippen molar-refractivity contribution in [3.05, 3.63) is 5.82 Å². The van der Waals surface area contributed by atoms with Crippen LogP contribution in [0.25, 0.3) is 0 Å². The average molecular weight is 277 g/mol. The monoisotopic (exact) mass is 277 g/mol. The molecular weight excluding hydrogens is 250 g/mol. The van der Waals surface area contributed by atoms with Crippen molar-refractivity contribution in [2.75, 3.05) is 37.0 Å². The van der Waals surface area contributed by atoms with Crippen molar-refractivity contribution in [1.29, 1.82) is 0 Å². The van der Waals surface area contributed by atoms with Crippen LogP contribution in [-0.2, 0) is 0 Å². The third kappa shape index (κ3) is 3.19. The van der Waals surface area contributed by atoms with Crippen LogP contribution in [0.1, 0.15) is 45.9 Å². The lowest BCUT2D eigenvalue weighted by atomic mass is 9.89. The number of aromatic nitrogens is 3. The maximum absolute atomic E-state index is 4.68. The molecule has 0 aliphatic carbocycles. The Bertz CT molecular complexity index is 431. The molecule has 1 fully saturated rings. The van der Waals surface area contributed by atoms with E-state index in [1.807, 2.05) is 19.0 Å². The Kier molecular flexibility index (Phi) is 4.45. The topological polar surface area (TPSA) is 45.2 Å². The minimum absolute atomic E-state index is 0.316. The molecule has 1 saturated heterocycles. The van der Waals surface area contributed by atoms with Gasteiger partial charge in [-0.25, -0.2) is 0 Å². The molecule has 2 rings (SSSR count). The number of piperidine rings is 1. The SMILES string of the molecule is CC(C)c1nc(N(C)C)nc(N2CCC(C)C(C)C2)n1. The lowest BCUT2D eigenvalue weighted by molar-refractivity contribution is 0.321. The molecule has 0 N–H and O–H groups in total. The second kappa shape index (κ2) is 5.94. The Morgan fingerprint density at radius 2 is 1.80 bits per heavy atom. The summed E-state index contributed by atoms with van der Waals surface area (Å²) in [6, 6.07) is 0. The van der Waals surface area contributed by atoms with E-state index in [0.717, 1.165) is 36.7 Å². The van der Waals surface area contributed by atoms with Crippen LogP contribution in [0.4, 0.5) is 11.9 Å². The van der Waals surface area contributed by atoms with Crippen molar-refractivity contribution in [2.24, 2.45) is 11.8 Å². The van der Waals surface area contributed by atoms with Gasteiger partial charge in [-0.05, 0) is 18.3 Å². The van der Waals surface area contributed by atoms with E-state index < -0.39 is 0 Å². The summed E-state index contributed by atoms with van der Waals surface area (Å²) in [7, 11) is 3.95. The van der Waals surface area contributed by atoms with Gasteiger partial charge in [0.15, 0.2) is 0 Å². The predicted molar refractivity (Wildman–Crippen MR) is 83.4 cm³/mol. The Morgan fingerprint density at radius 3 is 2.35 bits per heavy atom. The lowest BCUT2D eigenvalue weighted by Crippen LogP contribution is -2.39. The van der Waals surface area contributed by atoms with Crippen molar-refractivity contribution < 1.29 is 0 Å². The number of rotatable bonds is 3. The van der Waals surface area contributed by atoms with E-state index in [-0.39, 0.29) is 0 Å². The van der Waals surface area contributed by atoms with Crippen LogP contribution in [0.3, 0.4) is 0 Å². The van der Waals surface area contributed by atoms with Crippen molar-refractivity contribution in [3.63, 3.8) is 0 Å². The molecule has 20 heavy (non-hydrogen) atoms. The normalized spacial score (nSPS) is 23.2. The molecule has 1 aromatic heterocycles. The zero-order valence-electron chi connectivity index (χ0n) is 13.6. The Balaban J connectivity index is 2.30. The smallest absolute Gasteiger partial charge is 0.230 e. The highest BCUT2D eigenvalue weighted by molar-refractivity contribution is 5.39. The van der Waals surface area contributed by atoms with Gasteiger partial charge in [0.05, 0.1) is 0 Å². The van der Waals surface area contributed by atoms with Gasteiger partial charge < -0.3 is 9.80 Å². The van der Waals surface area contributed by atoms with Gasteiger partial charge in [-0.15, -0.1) is 0 Å². The van der Waals surface area contributed by atoms with Crippen LogP contribution >= 0.6 is 0 Å². The van der Waals surface area contributed by atoms with Gasteiger partial charge in [-0.3, -0.25) is 0 Å². The molecule has 2 unspecified atom stereocenters. The highest BCUT2D eigenvalue weighted by Crippen LogP contribution is 2.26. The molecule has 0 saturated carbocycles. The molecule has 5 heteroatoms. The van der Waals surface area contributed by atoms with Crippen molar-refractivity contribution in [3.8, 4) is 0 Å². The number of hydrogen-bond donors (Lipinski definition) is 0. The van der Waals surface area contributed by atoms with Crippen LogP contribution in [0.2, 0.25) is 0 Å². The summed E-state index contributed by atoms with van der Waals surface area (Å²) < 4.78 is 0. The van der Waals surface area contributed by atoms with E-state index in [1.54, 1.807) is 0 Å². The zero-order valence-corrected chi connectivity index (χ0v) is 13.6. The van der Waals surface area contributed by atoms with Crippen LogP contribution in [0.15, 0.2) is 0 Å². The molecule has 5 nitrogen and oxygen atoms in total. The molecule has 112 valence electrons. The second-order valence-electron chi connectivity index (χ2n) is 6.53. The number of nitrogens with zero attached hydrogens (tertiary/aromatic N) is 5. The zero-order chi connectivity index (χ0) is 14.9. The van der Waals surface area contributed by atoms with Gasteiger partial charge in [-0.2, -0.15) is 15.0 Å². The Hall–Kier alpha value is -1.39. The van der Waals surface area contributed by atoms with E-state index in [0.29, 0.717) is 11.8 Å². The van der Waals surface area contributed by atoms with E-state index in [2.05, 4.69) is 47.5 Å². The average Bonchev–Trinajstić information content (AvgIpc) is 2.41. The fourth-order valence-corrected chi connectivity index (χ4v) is 2.41. The van der Waals surface area contributed by atoms with Crippen LogP contribution in [-0.4, -0.2) is 42.1 Å². The summed E-state index contributed by atoms with van der Waals surface area (Å²) in [6.45, 7) is 11.0. The summed E-state index contributed by atoms with van der Waals surface area (Å²) in [5, 5.41) is 0. The highest BCUT2D eigenvalue weighted by atomic mass is 15.3. The van der Waals surface area contributed by atoms with E-state index in [9.17, 15) is 0 Å². The van der Waals surface area contributed by atoms with Crippen molar-refractivity contribution in [2.45, 2.75) is 40.0 Å². The molecule has 0 bridgehead atoms. The first-order valence-electron chi connectivity index (χ1n) is 7.56. The minimum atomic E-state index is 0.316. The largest absolute Gasteiger partial charge is 0.347 e. The summed E-state index contributed by atoms with van der Waals surface area (Å²) >= 11 is 0. The van der Waals surface area contributed by atoms with Gasteiger partial charge in [0.2, 0.25) is 11.9 Å². The van der Waals surface area contributed by atoms with E-state index in [4.69, 9.17) is 0 Å². The fraction of sp³-hybridized carbons (Fsp3) is 0.800. The van der Waals surface area contributed by atoms with Crippen LogP contribution < -0.4 is 9.80 Å². The first-order valence-corrected chi connectivity index (χ1v) is 7.56. The maximum Gasteiger partial charge on any atom is 0.230 e. The second-order valence-corrected chi connectivity index (χ2v) is 6.53. The van der Waals surface area contributed by atoms with Crippen molar-refractivity contribution in [1.82, 2.24) is 15.0 Å². The van der Waals surface area contributed by atoms with Gasteiger partial charge in [0.25, 0.3) is 0 Å². The van der Waals surface area contributed by atoms with Crippen LogP contribution in [0.5, 0.6) is 0 Å². The molecule has 0 spiro atoms. The summed E-state index contributed by atoms with van der Waals surface area (Å²) in [4.78, 5) is 18.1. The molecule has 1 aliphatic rings. The van der Waals surface area contributed by atoms with Gasteiger partial charge in [0.1, 0.15) is 5.82 Å². The Labute approximate surface area is 122 Å². The lowest BCUT2D eigenvalue weighted by Gasteiger charge is -2.35. The third-order valence-electron chi connectivity index (χ3n) is 4.16. The van der Waals surface area contributed by atoms with E-state index >= 15 is 0 Å². The molecule has 1 aromatic rings. The maximum atomic E-state index is 4.68. The molecule has 0 aromatic carbocycles. The van der Waals surface area contributed by atoms with Gasteiger partial charge in [-0.1, -0.05) is 27.7 Å².